The second kappa shape index (κ2) is 6.35. The molecule has 1 amide bonds. The molecule has 1 N–H and O–H groups in total. The molecule has 7 heteroatoms. The summed E-state index contributed by atoms with van der Waals surface area (Å²) in [6, 6.07) is 11.3. The lowest BCUT2D eigenvalue weighted by molar-refractivity contribution is 0.102. The van der Waals surface area contributed by atoms with E-state index in [0.717, 1.165) is 0 Å². The van der Waals surface area contributed by atoms with Crippen LogP contribution >= 0.6 is 0 Å². The monoisotopic (exact) mass is 360 g/mol. The smallest absolute Gasteiger partial charge is 0.256 e. The third-order valence-corrected chi connectivity index (χ3v) is 4.33. The van der Waals surface area contributed by atoms with Crippen LogP contribution in [0, 0.1) is 0 Å². The minimum Gasteiger partial charge on any atom is -0.305 e. The predicted molar refractivity (Wildman–Crippen MR) is 103 cm³/mol. The van der Waals surface area contributed by atoms with E-state index in [1.807, 2.05) is 42.6 Å². The van der Waals surface area contributed by atoms with E-state index in [4.69, 9.17) is 0 Å². The zero-order chi connectivity index (χ0) is 19.0. The maximum absolute atomic E-state index is 12.5. The van der Waals surface area contributed by atoms with Gasteiger partial charge in [0.15, 0.2) is 17.3 Å². The SMILES string of the molecule is CC(C)(C)c1ccc(C(=O)Nc2cn3nc(-n4ccnc4)ccc3n2)cc1. The molecular formula is C20H20N6O. The van der Waals surface area contributed by atoms with Gasteiger partial charge >= 0.3 is 0 Å². The van der Waals surface area contributed by atoms with Gasteiger partial charge in [-0.1, -0.05) is 32.9 Å². The largest absolute Gasteiger partial charge is 0.305 e. The van der Waals surface area contributed by atoms with E-state index >= 15 is 0 Å². The van der Waals surface area contributed by atoms with Crippen molar-refractivity contribution in [3.05, 3.63) is 72.4 Å². The van der Waals surface area contributed by atoms with Gasteiger partial charge in [-0.15, -0.1) is 5.10 Å². The number of carbonyl (C=O) groups excluding carboxylic acids is 1. The van der Waals surface area contributed by atoms with Gasteiger partial charge in [0.05, 0.1) is 6.20 Å². The topological polar surface area (TPSA) is 77.1 Å². The van der Waals surface area contributed by atoms with Crippen LogP contribution in [0.4, 0.5) is 5.82 Å². The average Bonchev–Trinajstić information content (AvgIpc) is 3.29. The number of rotatable bonds is 3. The van der Waals surface area contributed by atoms with E-state index in [2.05, 4.69) is 41.2 Å². The van der Waals surface area contributed by atoms with E-state index in [9.17, 15) is 4.79 Å². The summed E-state index contributed by atoms with van der Waals surface area (Å²) in [4.78, 5) is 20.9. The van der Waals surface area contributed by atoms with Crippen LogP contribution < -0.4 is 5.32 Å². The molecule has 1 aromatic carbocycles. The minimum atomic E-state index is -0.200. The van der Waals surface area contributed by atoms with Crippen LogP contribution in [-0.2, 0) is 5.41 Å². The van der Waals surface area contributed by atoms with Gasteiger partial charge in [-0.05, 0) is 35.2 Å². The number of nitrogens with zero attached hydrogens (tertiary/aromatic N) is 5. The molecule has 0 radical (unpaired) electrons. The fourth-order valence-electron chi connectivity index (χ4n) is 2.77. The number of aromatic nitrogens is 5. The van der Waals surface area contributed by atoms with Gasteiger partial charge in [-0.25, -0.2) is 14.5 Å². The Bertz CT molecular complexity index is 1090. The molecule has 27 heavy (non-hydrogen) atoms. The first kappa shape index (κ1) is 17.0. The molecule has 0 saturated heterocycles. The number of amides is 1. The number of benzene rings is 1. The fraction of sp³-hybridized carbons (Fsp3) is 0.200. The molecule has 136 valence electrons. The van der Waals surface area contributed by atoms with Crippen LogP contribution in [0.1, 0.15) is 36.7 Å². The lowest BCUT2D eigenvalue weighted by Crippen LogP contribution is -2.14. The van der Waals surface area contributed by atoms with E-state index in [1.54, 1.807) is 27.8 Å². The highest BCUT2D eigenvalue weighted by Gasteiger charge is 2.15. The summed E-state index contributed by atoms with van der Waals surface area (Å²) in [5.74, 6) is 0.969. The summed E-state index contributed by atoms with van der Waals surface area (Å²) < 4.78 is 3.43. The second-order valence-corrected chi connectivity index (χ2v) is 7.37. The van der Waals surface area contributed by atoms with Gasteiger partial charge in [0.2, 0.25) is 0 Å². The fourth-order valence-corrected chi connectivity index (χ4v) is 2.77. The quantitative estimate of drug-likeness (QED) is 0.607. The summed E-state index contributed by atoms with van der Waals surface area (Å²) >= 11 is 0. The zero-order valence-electron chi connectivity index (χ0n) is 15.4. The average molecular weight is 360 g/mol. The van der Waals surface area contributed by atoms with Crippen LogP contribution in [0.3, 0.4) is 0 Å². The summed E-state index contributed by atoms with van der Waals surface area (Å²) in [5, 5.41) is 7.31. The maximum Gasteiger partial charge on any atom is 0.256 e. The number of nitrogens with one attached hydrogen (secondary N) is 1. The van der Waals surface area contributed by atoms with Crippen molar-refractivity contribution in [2.45, 2.75) is 26.2 Å². The number of fused-ring (bicyclic) bond motifs is 1. The van der Waals surface area contributed by atoms with Crippen molar-refractivity contribution >= 4 is 17.4 Å². The number of anilines is 1. The first-order valence-electron chi connectivity index (χ1n) is 8.67. The summed E-state index contributed by atoms with van der Waals surface area (Å²) in [5.41, 5.74) is 2.47. The Morgan fingerprint density at radius 1 is 1.07 bits per heavy atom. The van der Waals surface area contributed by atoms with Crippen molar-refractivity contribution in [2.24, 2.45) is 0 Å². The van der Waals surface area contributed by atoms with Gasteiger partial charge in [-0.2, -0.15) is 0 Å². The van der Waals surface area contributed by atoms with Crippen molar-refractivity contribution in [3.8, 4) is 5.82 Å². The Balaban J connectivity index is 1.55. The Kier molecular flexibility index (Phi) is 3.99. The van der Waals surface area contributed by atoms with Gasteiger partial charge in [0.1, 0.15) is 6.33 Å². The molecule has 3 heterocycles. The standard InChI is InChI=1S/C20H20N6O/c1-20(2,3)15-6-4-14(5-7-15)19(27)23-16-12-26-17(22-16)8-9-18(24-26)25-11-10-21-13-25/h4-13H,1-3H3,(H,23,27). The van der Waals surface area contributed by atoms with Crippen LogP contribution in [0.5, 0.6) is 0 Å². The molecule has 3 aromatic heterocycles. The third-order valence-electron chi connectivity index (χ3n) is 4.33. The Morgan fingerprint density at radius 2 is 1.85 bits per heavy atom. The highest BCUT2D eigenvalue weighted by Crippen LogP contribution is 2.22. The molecule has 7 nitrogen and oxygen atoms in total. The van der Waals surface area contributed by atoms with Crippen LogP contribution in [0.25, 0.3) is 11.5 Å². The third kappa shape index (κ3) is 3.44. The molecule has 0 fully saturated rings. The van der Waals surface area contributed by atoms with E-state index < -0.39 is 0 Å². The minimum absolute atomic E-state index is 0.0508. The van der Waals surface area contributed by atoms with Crippen LogP contribution in [0.2, 0.25) is 0 Å². The van der Waals surface area contributed by atoms with Crippen molar-refractivity contribution in [3.63, 3.8) is 0 Å². The molecule has 0 aliphatic carbocycles. The number of carbonyl (C=O) groups is 1. The lowest BCUT2D eigenvalue weighted by Gasteiger charge is -2.18. The molecule has 0 spiro atoms. The molecule has 0 bridgehead atoms. The van der Waals surface area contributed by atoms with Crippen LogP contribution in [0.15, 0.2) is 61.3 Å². The normalized spacial score (nSPS) is 11.7. The van der Waals surface area contributed by atoms with Crippen molar-refractivity contribution in [2.75, 3.05) is 5.32 Å². The predicted octanol–water partition coefficient (Wildman–Crippen LogP) is 3.46. The molecule has 0 aliphatic rings. The second-order valence-electron chi connectivity index (χ2n) is 7.37. The van der Waals surface area contributed by atoms with Crippen molar-refractivity contribution < 1.29 is 4.79 Å². The summed E-state index contributed by atoms with van der Waals surface area (Å²) in [6.07, 6.45) is 6.87. The molecule has 0 unspecified atom stereocenters. The van der Waals surface area contributed by atoms with Crippen molar-refractivity contribution in [1.82, 2.24) is 24.1 Å². The highest BCUT2D eigenvalue weighted by atomic mass is 16.1. The lowest BCUT2D eigenvalue weighted by atomic mass is 9.87. The zero-order valence-corrected chi connectivity index (χ0v) is 15.4. The van der Waals surface area contributed by atoms with Crippen LogP contribution in [-0.4, -0.2) is 30.1 Å². The number of hydrogen-bond acceptors (Lipinski definition) is 4. The molecule has 0 aliphatic heterocycles. The molecular weight excluding hydrogens is 340 g/mol. The Labute approximate surface area is 156 Å². The Hall–Kier alpha value is -3.48. The van der Waals surface area contributed by atoms with Gasteiger partial charge in [-0.3, -0.25) is 9.36 Å². The molecule has 4 aromatic rings. The maximum atomic E-state index is 12.5. The van der Waals surface area contributed by atoms with E-state index in [0.29, 0.717) is 22.8 Å². The van der Waals surface area contributed by atoms with Gasteiger partial charge in [0.25, 0.3) is 5.91 Å². The van der Waals surface area contributed by atoms with Gasteiger partial charge < -0.3 is 5.32 Å². The van der Waals surface area contributed by atoms with E-state index in [-0.39, 0.29) is 11.3 Å². The first-order chi connectivity index (χ1) is 12.9. The molecule has 0 saturated carbocycles. The number of imidazole rings is 2. The summed E-state index contributed by atoms with van der Waals surface area (Å²) in [7, 11) is 0. The molecule has 4 rings (SSSR count). The molecule has 0 atom stereocenters. The van der Waals surface area contributed by atoms with Crippen molar-refractivity contribution in [1.29, 1.82) is 0 Å². The highest BCUT2D eigenvalue weighted by molar-refractivity contribution is 6.03. The number of hydrogen-bond donors (Lipinski definition) is 1. The Morgan fingerprint density at radius 3 is 2.52 bits per heavy atom. The van der Waals surface area contributed by atoms with Gasteiger partial charge in [0, 0.05) is 18.0 Å². The van der Waals surface area contributed by atoms with E-state index in [1.165, 1.54) is 5.56 Å². The first-order valence-corrected chi connectivity index (χ1v) is 8.67. The summed E-state index contributed by atoms with van der Waals surface area (Å²) in [6.45, 7) is 6.43.